The van der Waals surface area contributed by atoms with Crippen LogP contribution in [0.1, 0.15) is 31.2 Å². The number of nitrogens with zero attached hydrogens (tertiary/aromatic N) is 3. The van der Waals surface area contributed by atoms with E-state index in [-0.39, 0.29) is 0 Å². The number of anilines is 1. The van der Waals surface area contributed by atoms with E-state index < -0.39 is 0 Å². The predicted octanol–water partition coefficient (Wildman–Crippen LogP) is 3.36. The van der Waals surface area contributed by atoms with Gasteiger partial charge in [-0.05, 0) is 51.9 Å². The van der Waals surface area contributed by atoms with Crippen LogP contribution in [0.25, 0.3) is 10.8 Å². The maximum absolute atomic E-state index is 9.43. The van der Waals surface area contributed by atoms with Crippen LogP contribution in [0.2, 0.25) is 0 Å². The average Bonchev–Trinajstić information content (AvgIpc) is 2.90. The fraction of sp³-hybridized carbons (Fsp3) is 0.500. The summed E-state index contributed by atoms with van der Waals surface area (Å²) in [6.07, 6.45) is 5.01. The van der Waals surface area contributed by atoms with Crippen LogP contribution in [0.5, 0.6) is 0 Å². The summed E-state index contributed by atoms with van der Waals surface area (Å²) >= 11 is 0. The Morgan fingerprint density at radius 1 is 1.08 bits per heavy atom. The van der Waals surface area contributed by atoms with Gasteiger partial charge in [0, 0.05) is 47.7 Å². The highest BCUT2D eigenvalue weighted by molar-refractivity contribution is 5.98. The second-order valence-corrected chi connectivity index (χ2v) is 8.01. The molecule has 0 saturated carbocycles. The molecule has 4 rings (SSSR count). The number of hydrogen-bond acceptors (Lipinski definition) is 4. The van der Waals surface area contributed by atoms with Crippen molar-refractivity contribution >= 4 is 16.5 Å². The minimum atomic E-state index is 0.613. The molecule has 2 atom stereocenters. The summed E-state index contributed by atoms with van der Waals surface area (Å²) in [6.45, 7) is 2.16. The van der Waals surface area contributed by atoms with E-state index >= 15 is 0 Å². The van der Waals surface area contributed by atoms with Crippen LogP contribution < -0.4 is 10.2 Å². The Bertz CT molecular complexity index is 808. The lowest BCUT2D eigenvalue weighted by Crippen LogP contribution is -2.50. The van der Waals surface area contributed by atoms with Crippen LogP contribution >= 0.6 is 0 Å². The highest BCUT2D eigenvalue weighted by Gasteiger charge is 2.41. The summed E-state index contributed by atoms with van der Waals surface area (Å²) in [5.41, 5.74) is 2.09. The molecule has 4 heteroatoms. The summed E-state index contributed by atoms with van der Waals surface area (Å²) in [5.74, 6) is 0. The molecular formula is C22H28N4. The summed E-state index contributed by atoms with van der Waals surface area (Å²) in [6, 6.07) is 16.7. The van der Waals surface area contributed by atoms with E-state index in [0.29, 0.717) is 18.1 Å². The van der Waals surface area contributed by atoms with Crippen LogP contribution in [0.15, 0.2) is 36.4 Å². The van der Waals surface area contributed by atoms with E-state index in [4.69, 9.17) is 0 Å². The Hall–Kier alpha value is -2.09. The molecule has 2 aliphatic heterocycles. The van der Waals surface area contributed by atoms with Gasteiger partial charge in [-0.3, -0.25) is 0 Å². The smallest absolute Gasteiger partial charge is 0.0998 e. The van der Waals surface area contributed by atoms with E-state index in [1.165, 1.54) is 36.8 Å². The molecule has 0 radical (unpaired) electrons. The Morgan fingerprint density at radius 2 is 1.77 bits per heavy atom. The normalized spacial score (nSPS) is 25.0. The standard InChI is InChI=1S/C22H28N4/c1-25(2)12-11-24-17-13-18-8-9-19(14-17)26(18)22-10-7-16(15-23)20-5-3-4-6-21(20)22/h3-7,10,17-19,24H,8-9,11-14H2,1-2H3. The molecule has 2 aromatic rings. The molecule has 2 aromatic carbocycles. The molecule has 2 aliphatic rings. The fourth-order valence-electron chi connectivity index (χ4n) is 4.84. The third-order valence-electron chi connectivity index (χ3n) is 6.02. The maximum atomic E-state index is 9.43. The van der Waals surface area contributed by atoms with Crippen molar-refractivity contribution in [3.8, 4) is 6.07 Å². The Balaban J connectivity index is 1.57. The quantitative estimate of drug-likeness (QED) is 0.900. The minimum absolute atomic E-state index is 0.613. The van der Waals surface area contributed by atoms with Crippen molar-refractivity contribution in [3.05, 3.63) is 42.0 Å². The van der Waals surface area contributed by atoms with Crippen molar-refractivity contribution in [1.82, 2.24) is 10.2 Å². The number of likely N-dealkylation sites (N-methyl/N-ethyl adjacent to an activating group) is 1. The highest BCUT2D eigenvalue weighted by Crippen LogP contribution is 2.42. The van der Waals surface area contributed by atoms with Crippen molar-refractivity contribution < 1.29 is 0 Å². The summed E-state index contributed by atoms with van der Waals surface area (Å²) in [7, 11) is 4.26. The first-order valence-electron chi connectivity index (χ1n) is 9.75. The molecule has 4 nitrogen and oxygen atoms in total. The molecule has 0 aromatic heterocycles. The molecule has 136 valence electrons. The second-order valence-electron chi connectivity index (χ2n) is 8.01. The zero-order chi connectivity index (χ0) is 18.1. The van der Waals surface area contributed by atoms with Gasteiger partial charge in [0.25, 0.3) is 0 Å². The molecule has 2 heterocycles. The van der Waals surface area contributed by atoms with Crippen molar-refractivity contribution in [1.29, 1.82) is 5.26 Å². The van der Waals surface area contributed by atoms with Gasteiger partial charge in [0.05, 0.1) is 11.6 Å². The summed E-state index contributed by atoms with van der Waals surface area (Å²) in [4.78, 5) is 4.90. The monoisotopic (exact) mass is 348 g/mol. The molecule has 0 amide bonds. The molecule has 2 fully saturated rings. The predicted molar refractivity (Wildman–Crippen MR) is 108 cm³/mol. The summed E-state index contributed by atoms with van der Waals surface area (Å²) < 4.78 is 0. The third-order valence-corrected chi connectivity index (χ3v) is 6.02. The van der Waals surface area contributed by atoms with Gasteiger partial charge in [-0.15, -0.1) is 0 Å². The van der Waals surface area contributed by atoms with E-state index in [1.54, 1.807) is 0 Å². The SMILES string of the molecule is CN(C)CCNC1CC2CCC(C1)N2c1ccc(C#N)c2ccccc12. The fourth-order valence-corrected chi connectivity index (χ4v) is 4.84. The number of nitrogens with one attached hydrogen (secondary N) is 1. The molecule has 2 bridgehead atoms. The Kier molecular flexibility index (Phi) is 4.84. The Labute approximate surface area is 156 Å². The van der Waals surface area contributed by atoms with Gasteiger partial charge in [0.2, 0.25) is 0 Å². The van der Waals surface area contributed by atoms with E-state index in [9.17, 15) is 5.26 Å². The highest BCUT2D eigenvalue weighted by atomic mass is 15.2. The lowest BCUT2D eigenvalue weighted by Gasteiger charge is -2.41. The zero-order valence-corrected chi connectivity index (χ0v) is 15.8. The number of benzene rings is 2. The van der Waals surface area contributed by atoms with Crippen molar-refractivity contribution in [2.45, 2.75) is 43.8 Å². The maximum Gasteiger partial charge on any atom is 0.0998 e. The minimum Gasteiger partial charge on any atom is -0.365 e. The third kappa shape index (κ3) is 3.18. The Morgan fingerprint density at radius 3 is 2.42 bits per heavy atom. The second kappa shape index (κ2) is 7.26. The van der Waals surface area contributed by atoms with Crippen LogP contribution in [0, 0.1) is 11.3 Å². The zero-order valence-electron chi connectivity index (χ0n) is 15.8. The molecule has 2 unspecified atom stereocenters. The van der Waals surface area contributed by atoms with Gasteiger partial charge in [0.1, 0.15) is 0 Å². The van der Waals surface area contributed by atoms with Crippen LogP contribution in [0.3, 0.4) is 0 Å². The van der Waals surface area contributed by atoms with Crippen LogP contribution in [-0.2, 0) is 0 Å². The van der Waals surface area contributed by atoms with E-state index in [1.807, 2.05) is 12.1 Å². The lowest BCUT2D eigenvalue weighted by atomic mass is 9.94. The molecule has 0 aliphatic carbocycles. The number of hydrogen-bond donors (Lipinski definition) is 1. The van der Waals surface area contributed by atoms with Crippen molar-refractivity contribution in [2.75, 3.05) is 32.1 Å². The van der Waals surface area contributed by atoms with Gasteiger partial charge in [0.15, 0.2) is 0 Å². The molecule has 1 N–H and O–H groups in total. The number of nitriles is 1. The first kappa shape index (κ1) is 17.3. The van der Waals surface area contributed by atoms with Gasteiger partial charge in [-0.1, -0.05) is 24.3 Å². The number of piperidine rings is 1. The van der Waals surface area contributed by atoms with Gasteiger partial charge in [-0.2, -0.15) is 5.26 Å². The molecule has 26 heavy (non-hydrogen) atoms. The molecule has 2 saturated heterocycles. The average molecular weight is 348 g/mol. The molecular weight excluding hydrogens is 320 g/mol. The first-order valence-corrected chi connectivity index (χ1v) is 9.75. The molecule has 0 spiro atoms. The lowest BCUT2D eigenvalue weighted by molar-refractivity contribution is 0.330. The van der Waals surface area contributed by atoms with Crippen LogP contribution in [0.4, 0.5) is 5.69 Å². The summed E-state index contributed by atoms with van der Waals surface area (Å²) in [5, 5.41) is 15.5. The van der Waals surface area contributed by atoms with Gasteiger partial charge >= 0.3 is 0 Å². The van der Waals surface area contributed by atoms with Crippen LogP contribution in [-0.4, -0.2) is 50.2 Å². The largest absolute Gasteiger partial charge is 0.365 e. The van der Waals surface area contributed by atoms with Crippen molar-refractivity contribution in [3.63, 3.8) is 0 Å². The first-order chi connectivity index (χ1) is 12.7. The van der Waals surface area contributed by atoms with Gasteiger partial charge < -0.3 is 15.1 Å². The van der Waals surface area contributed by atoms with E-state index in [2.05, 4.69) is 59.5 Å². The number of fused-ring (bicyclic) bond motifs is 3. The van der Waals surface area contributed by atoms with Crippen molar-refractivity contribution in [2.24, 2.45) is 0 Å². The topological polar surface area (TPSA) is 42.3 Å². The number of rotatable bonds is 5. The van der Waals surface area contributed by atoms with E-state index in [0.717, 1.165) is 24.0 Å². The van der Waals surface area contributed by atoms with Gasteiger partial charge in [-0.25, -0.2) is 0 Å².